The fourth-order valence-corrected chi connectivity index (χ4v) is 2.81. The largest absolute Gasteiger partial charge is 0.330 e. The second-order valence-electron chi connectivity index (χ2n) is 5.56. The first kappa shape index (κ1) is 13.9. The van der Waals surface area contributed by atoms with E-state index >= 15 is 0 Å². The van der Waals surface area contributed by atoms with E-state index in [1.807, 2.05) is 11.9 Å². The van der Waals surface area contributed by atoms with Crippen molar-refractivity contribution < 1.29 is 4.79 Å². The van der Waals surface area contributed by atoms with Crippen molar-refractivity contribution in [1.82, 2.24) is 4.90 Å². The van der Waals surface area contributed by atoms with E-state index < -0.39 is 0 Å². The van der Waals surface area contributed by atoms with Crippen LogP contribution in [-0.4, -0.2) is 37.6 Å². The number of hydrogen-bond acceptors (Lipinski definition) is 2. The number of aryl methyl sites for hydroxylation is 2. The summed E-state index contributed by atoms with van der Waals surface area (Å²) in [5, 5.41) is 0. The van der Waals surface area contributed by atoms with Crippen LogP contribution in [0.3, 0.4) is 0 Å². The van der Waals surface area contributed by atoms with Gasteiger partial charge in [-0.15, -0.1) is 0 Å². The molecule has 2 amide bonds. The predicted molar refractivity (Wildman–Crippen MR) is 78.4 cm³/mol. The molecule has 2 N–H and O–H groups in total. The Kier molecular flexibility index (Phi) is 4.10. The summed E-state index contributed by atoms with van der Waals surface area (Å²) >= 11 is 0. The number of hydrogen-bond donors (Lipinski definition) is 1. The SMILES string of the molecule is Cc1cc(C)cc(N2CC(CCN)CN(C)C2=O)c1. The van der Waals surface area contributed by atoms with Crippen LogP contribution in [0.4, 0.5) is 10.5 Å². The van der Waals surface area contributed by atoms with Crippen LogP contribution in [-0.2, 0) is 0 Å². The summed E-state index contributed by atoms with van der Waals surface area (Å²) in [6.45, 7) is 6.37. The van der Waals surface area contributed by atoms with Gasteiger partial charge in [0.1, 0.15) is 0 Å². The number of urea groups is 1. The van der Waals surface area contributed by atoms with E-state index in [1.54, 1.807) is 4.90 Å². The molecule has 0 saturated carbocycles. The molecule has 0 aliphatic carbocycles. The highest BCUT2D eigenvalue weighted by Gasteiger charge is 2.30. The third-order valence-corrected chi connectivity index (χ3v) is 3.62. The van der Waals surface area contributed by atoms with Gasteiger partial charge >= 0.3 is 6.03 Å². The molecule has 1 unspecified atom stereocenters. The Morgan fingerprint density at radius 1 is 1.21 bits per heavy atom. The topological polar surface area (TPSA) is 49.6 Å². The van der Waals surface area contributed by atoms with E-state index in [0.717, 1.165) is 25.2 Å². The molecule has 0 spiro atoms. The molecule has 1 aromatic carbocycles. The highest BCUT2D eigenvalue weighted by Crippen LogP contribution is 2.25. The number of carbonyl (C=O) groups excluding carboxylic acids is 1. The molecular formula is C15H23N3O. The average Bonchev–Trinajstić information content (AvgIpc) is 2.32. The Morgan fingerprint density at radius 3 is 2.42 bits per heavy atom. The molecule has 2 rings (SSSR count). The molecule has 19 heavy (non-hydrogen) atoms. The van der Waals surface area contributed by atoms with Crippen molar-refractivity contribution >= 4 is 11.7 Å². The number of carbonyl (C=O) groups is 1. The molecule has 4 heteroatoms. The van der Waals surface area contributed by atoms with E-state index in [2.05, 4.69) is 32.0 Å². The van der Waals surface area contributed by atoms with Gasteiger partial charge in [0.15, 0.2) is 0 Å². The molecule has 1 saturated heterocycles. The highest BCUT2D eigenvalue weighted by atomic mass is 16.2. The van der Waals surface area contributed by atoms with Crippen LogP contribution in [0.15, 0.2) is 18.2 Å². The fourth-order valence-electron chi connectivity index (χ4n) is 2.81. The van der Waals surface area contributed by atoms with Crippen LogP contribution in [0, 0.1) is 19.8 Å². The van der Waals surface area contributed by atoms with E-state index in [0.29, 0.717) is 12.5 Å². The molecule has 1 fully saturated rings. The number of rotatable bonds is 3. The summed E-state index contributed by atoms with van der Waals surface area (Å²) in [7, 11) is 1.86. The van der Waals surface area contributed by atoms with Crippen LogP contribution in [0.1, 0.15) is 17.5 Å². The zero-order valence-corrected chi connectivity index (χ0v) is 12.0. The molecule has 1 aliphatic rings. The molecule has 104 valence electrons. The lowest BCUT2D eigenvalue weighted by Crippen LogP contribution is -2.52. The first-order valence-electron chi connectivity index (χ1n) is 6.82. The lowest BCUT2D eigenvalue weighted by atomic mass is 10.0. The first-order chi connectivity index (χ1) is 9.01. The van der Waals surface area contributed by atoms with Crippen LogP contribution >= 0.6 is 0 Å². The van der Waals surface area contributed by atoms with Crippen LogP contribution < -0.4 is 10.6 Å². The molecule has 1 aromatic rings. The van der Waals surface area contributed by atoms with Gasteiger partial charge in [0.2, 0.25) is 0 Å². The lowest BCUT2D eigenvalue weighted by Gasteiger charge is -2.38. The Labute approximate surface area is 115 Å². The van der Waals surface area contributed by atoms with Crippen molar-refractivity contribution in [2.24, 2.45) is 11.7 Å². The maximum Gasteiger partial charge on any atom is 0.324 e. The van der Waals surface area contributed by atoms with Gasteiger partial charge < -0.3 is 10.6 Å². The number of anilines is 1. The third kappa shape index (κ3) is 3.07. The Morgan fingerprint density at radius 2 is 1.84 bits per heavy atom. The number of nitrogens with zero attached hydrogens (tertiary/aromatic N) is 2. The second kappa shape index (κ2) is 5.61. The average molecular weight is 261 g/mol. The van der Waals surface area contributed by atoms with Gasteiger partial charge in [0, 0.05) is 25.8 Å². The second-order valence-corrected chi connectivity index (χ2v) is 5.56. The minimum atomic E-state index is 0.0817. The summed E-state index contributed by atoms with van der Waals surface area (Å²) in [5.74, 6) is 0.452. The normalized spacial score (nSPS) is 20.0. The van der Waals surface area contributed by atoms with Crippen LogP contribution in [0.5, 0.6) is 0 Å². The quantitative estimate of drug-likeness (QED) is 0.906. The zero-order valence-electron chi connectivity index (χ0n) is 12.0. The number of nitrogens with two attached hydrogens (primary N) is 1. The molecular weight excluding hydrogens is 238 g/mol. The molecule has 1 heterocycles. The van der Waals surface area contributed by atoms with Crippen molar-refractivity contribution in [2.45, 2.75) is 20.3 Å². The van der Waals surface area contributed by atoms with Gasteiger partial charge in [-0.3, -0.25) is 4.90 Å². The Hall–Kier alpha value is -1.55. The van der Waals surface area contributed by atoms with E-state index in [-0.39, 0.29) is 6.03 Å². The van der Waals surface area contributed by atoms with Crippen LogP contribution in [0.2, 0.25) is 0 Å². The summed E-state index contributed by atoms with van der Waals surface area (Å²) in [5.41, 5.74) is 9.02. The Balaban J connectivity index is 2.27. The maximum absolute atomic E-state index is 12.3. The number of benzene rings is 1. The van der Waals surface area contributed by atoms with Crippen molar-refractivity contribution in [1.29, 1.82) is 0 Å². The minimum absolute atomic E-state index is 0.0817. The van der Waals surface area contributed by atoms with Crippen molar-refractivity contribution in [3.8, 4) is 0 Å². The molecule has 1 aliphatic heterocycles. The molecule has 4 nitrogen and oxygen atoms in total. The predicted octanol–water partition coefficient (Wildman–Crippen LogP) is 2.14. The highest BCUT2D eigenvalue weighted by molar-refractivity contribution is 5.92. The van der Waals surface area contributed by atoms with Gasteiger partial charge in [0.05, 0.1) is 0 Å². The monoisotopic (exact) mass is 261 g/mol. The maximum atomic E-state index is 12.3. The molecule has 0 bridgehead atoms. The van der Waals surface area contributed by atoms with Gasteiger partial charge in [-0.1, -0.05) is 6.07 Å². The van der Waals surface area contributed by atoms with Crippen LogP contribution in [0.25, 0.3) is 0 Å². The molecule has 1 atom stereocenters. The van der Waals surface area contributed by atoms with Gasteiger partial charge in [-0.2, -0.15) is 0 Å². The minimum Gasteiger partial charge on any atom is -0.330 e. The van der Waals surface area contributed by atoms with Gasteiger partial charge in [0.25, 0.3) is 0 Å². The van der Waals surface area contributed by atoms with E-state index in [9.17, 15) is 4.79 Å². The fraction of sp³-hybridized carbons (Fsp3) is 0.533. The van der Waals surface area contributed by atoms with E-state index in [1.165, 1.54) is 11.1 Å². The lowest BCUT2D eigenvalue weighted by molar-refractivity contribution is 0.191. The summed E-state index contributed by atoms with van der Waals surface area (Å²) in [6.07, 6.45) is 0.957. The van der Waals surface area contributed by atoms with Gasteiger partial charge in [-0.05, 0) is 56.0 Å². The third-order valence-electron chi connectivity index (χ3n) is 3.62. The number of amides is 2. The van der Waals surface area contributed by atoms with E-state index in [4.69, 9.17) is 5.73 Å². The van der Waals surface area contributed by atoms with Crippen molar-refractivity contribution in [3.05, 3.63) is 29.3 Å². The zero-order chi connectivity index (χ0) is 14.0. The van der Waals surface area contributed by atoms with Crippen molar-refractivity contribution in [3.63, 3.8) is 0 Å². The standard InChI is InChI=1S/C15H23N3O/c1-11-6-12(2)8-14(7-11)18-10-13(4-5-16)9-17(3)15(18)19/h6-8,13H,4-5,9-10,16H2,1-3H3. The summed E-state index contributed by atoms with van der Waals surface area (Å²) in [6, 6.07) is 6.35. The molecule has 0 aromatic heterocycles. The van der Waals surface area contributed by atoms with Crippen molar-refractivity contribution in [2.75, 3.05) is 31.6 Å². The first-order valence-corrected chi connectivity index (χ1v) is 6.82. The van der Waals surface area contributed by atoms with Gasteiger partial charge in [-0.25, -0.2) is 4.79 Å². The summed E-state index contributed by atoms with van der Waals surface area (Å²) < 4.78 is 0. The molecule has 0 radical (unpaired) electrons. The summed E-state index contributed by atoms with van der Waals surface area (Å²) in [4.78, 5) is 16.0. The Bertz CT molecular complexity index is 452. The smallest absolute Gasteiger partial charge is 0.324 e.